The Bertz CT molecular complexity index is 482. The van der Waals surface area contributed by atoms with Gasteiger partial charge in [0.25, 0.3) is 0 Å². The summed E-state index contributed by atoms with van der Waals surface area (Å²) in [5.74, 6) is 1.64. The quantitative estimate of drug-likeness (QED) is 0.874. The summed E-state index contributed by atoms with van der Waals surface area (Å²) in [6.07, 6.45) is 3.40. The monoisotopic (exact) mass is 229 g/mol. The largest absolute Gasteiger partial charge is 0.487 e. The predicted octanol–water partition coefficient (Wildman–Crippen LogP) is 2.41. The number of nitrogens with one attached hydrogen (secondary N) is 1. The fraction of sp³-hybridized carbons (Fsp3) is 0.231. The lowest BCUT2D eigenvalue weighted by Crippen LogP contribution is -2.01. The van der Waals surface area contributed by atoms with Crippen molar-refractivity contribution < 1.29 is 4.74 Å². The van der Waals surface area contributed by atoms with Gasteiger partial charge in [-0.2, -0.15) is 0 Å². The third-order valence-electron chi connectivity index (χ3n) is 2.43. The first-order chi connectivity index (χ1) is 8.29. The molecule has 1 heterocycles. The fourth-order valence-electron chi connectivity index (χ4n) is 1.43. The molecule has 17 heavy (non-hydrogen) atoms. The number of aryl methyl sites for hydroxylation is 1. The molecule has 0 atom stereocenters. The molecule has 0 aliphatic heterocycles. The number of nitrogens with zero attached hydrogens (tertiary/aromatic N) is 2. The van der Waals surface area contributed by atoms with Gasteiger partial charge in [0.05, 0.1) is 18.1 Å². The molecule has 0 bridgehead atoms. The summed E-state index contributed by atoms with van der Waals surface area (Å²) in [5, 5.41) is 2.92. The van der Waals surface area contributed by atoms with E-state index in [1.165, 1.54) is 0 Å². The van der Waals surface area contributed by atoms with Gasteiger partial charge in [-0.05, 0) is 18.6 Å². The Kier molecular flexibility index (Phi) is 3.55. The Hall–Kier alpha value is -2.10. The highest BCUT2D eigenvalue weighted by atomic mass is 16.5. The first-order valence-electron chi connectivity index (χ1n) is 5.46. The van der Waals surface area contributed by atoms with Gasteiger partial charge in [0.15, 0.2) is 0 Å². The number of ether oxygens (including phenoxy) is 1. The van der Waals surface area contributed by atoms with Crippen LogP contribution in [0.3, 0.4) is 0 Å². The molecule has 0 saturated carbocycles. The molecule has 1 aromatic heterocycles. The lowest BCUT2D eigenvalue weighted by atomic mass is 10.2. The van der Waals surface area contributed by atoms with Crippen LogP contribution in [-0.4, -0.2) is 17.0 Å². The van der Waals surface area contributed by atoms with E-state index in [4.69, 9.17) is 4.74 Å². The number of para-hydroxylation sites is 1. The lowest BCUT2D eigenvalue weighted by Gasteiger charge is -2.08. The SMILES string of the molecule is CNc1cnc(COc2ccccc2C)cn1. The van der Waals surface area contributed by atoms with Crippen LogP contribution in [-0.2, 0) is 6.61 Å². The van der Waals surface area contributed by atoms with Crippen LogP contribution in [0, 0.1) is 6.92 Å². The molecule has 0 fully saturated rings. The Labute approximate surface area is 101 Å². The minimum absolute atomic E-state index is 0.432. The van der Waals surface area contributed by atoms with Crippen molar-refractivity contribution in [2.24, 2.45) is 0 Å². The number of benzene rings is 1. The summed E-state index contributed by atoms with van der Waals surface area (Å²) in [6, 6.07) is 7.91. The minimum atomic E-state index is 0.432. The summed E-state index contributed by atoms with van der Waals surface area (Å²) in [7, 11) is 1.81. The molecular formula is C13H15N3O. The van der Waals surface area contributed by atoms with E-state index in [0.717, 1.165) is 22.8 Å². The molecule has 2 aromatic rings. The molecule has 0 radical (unpaired) electrons. The van der Waals surface area contributed by atoms with Gasteiger partial charge in [-0.1, -0.05) is 18.2 Å². The Morgan fingerprint density at radius 1 is 1.18 bits per heavy atom. The molecule has 0 amide bonds. The van der Waals surface area contributed by atoms with E-state index < -0.39 is 0 Å². The van der Waals surface area contributed by atoms with Crippen molar-refractivity contribution in [1.29, 1.82) is 0 Å². The third-order valence-corrected chi connectivity index (χ3v) is 2.43. The minimum Gasteiger partial charge on any atom is -0.487 e. The zero-order valence-electron chi connectivity index (χ0n) is 9.97. The van der Waals surface area contributed by atoms with Gasteiger partial charge in [0, 0.05) is 7.05 Å². The van der Waals surface area contributed by atoms with Crippen molar-refractivity contribution in [3.63, 3.8) is 0 Å². The standard InChI is InChI=1S/C13H15N3O/c1-10-5-3-4-6-12(10)17-9-11-7-16-13(14-2)8-15-11/h3-8H,9H2,1-2H3,(H,14,16). The number of rotatable bonds is 4. The number of anilines is 1. The van der Waals surface area contributed by atoms with Gasteiger partial charge in [-0.3, -0.25) is 4.98 Å². The van der Waals surface area contributed by atoms with E-state index >= 15 is 0 Å². The molecule has 4 nitrogen and oxygen atoms in total. The second kappa shape index (κ2) is 5.30. The summed E-state index contributed by atoms with van der Waals surface area (Å²) in [4.78, 5) is 8.42. The third kappa shape index (κ3) is 2.93. The fourth-order valence-corrected chi connectivity index (χ4v) is 1.43. The number of hydrogen-bond donors (Lipinski definition) is 1. The zero-order chi connectivity index (χ0) is 12.1. The smallest absolute Gasteiger partial charge is 0.144 e. The van der Waals surface area contributed by atoms with Crippen LogP contribution in [0.15, 0.2) is 36.7 Å². The topological polar surface area (TPSA) is 47.0 Å². The van der Waals surface area contributed by atoms with Crippen molar-refractivity contribution in [2.75, 3.05) is 12.4 Å². The Morgan fingerprint density at radius 2 is 2.00 bits per heavy atom. The normalized spacial score (nSPS) is 10.0. The molecular weight excluding hydrogens is 214 g/mol. The lowest BCUT2D eigenvalue weighted by molar-refractivity contribution is 0.299. The van der Waals surface area contributed by atoms with Crippen molar-refractivity contribution in [3.05, 3.63) is 47.9 Å². The van der Waals surface area contributed by atoms with Crippen LogP contribution in [0.4, 0.5) is 5.82 Å². The Morgan fingerprint density at radius 3 is 2.65 bits per heavy atom. The predicted molar refractivity (Wildman–Crippen MR) is 67.1 cm³/mol. The molecule has 0 unspecified atom stereocenters. The molecule has 1 aromatic carbocycles. The molecule has 4 heteroatoms. The van der Waals surface area contributed by atoms with Gasteiger partial charge in [0.1, 0.15) is 18.2 Å². The number of aromatic nitrogens is 2. The zero-order valence-corrected chi connectivity index (χ0v) is 9.97. The molecule has 1 N–H and O–H groups in total. The molecule has 0 spiro atoms. The van der Waals surface area contributed by atoms with Gasteiger partial charge in [-0.25, -0.2) is 4.98 Å². The van der Waals surface area contributed by atoms with E-state index in [-0.39, 0.29) is 0 Å². The van der Waals surface area contributed by atoms with Crippen molar-refractivity contribution in [3.8, 4) is 5.75 Å². The van der Waals surface area contributed by atoms with Crippen LogP contribution >= 0.6 is 0 Å². The van der Waals surface area contributed by atoms with Crippen LogP contribution in [0.2, 0.25) is 0 Å². The van der Waals surface area contributed by atoms with E-state index in [1.54, 1.807) is 12.4 Å². The van der Waals surface area contributed by atoms with E-state index in [0.29, 0.717) is 6.61 Å². The van der Waals surface area contributed by atoms with Crippen LogP contribution in [0.1, 0.15) is 11.3 Å². The van der Waals surface area contributed by atoms with Crippen LogP contribution < -0.4 is 10.1 Å². The number of hydrogen-bond acceptors (Lipinski definition) is 4. The van der Waals surface area contributed by atoms with E-state index in [1.807, 2.05) is 38.2 Å². The highest BCUT2D eigenvalue weighted by molar-refractivity contribution is 5.32. The van der Waals surface area contributed by atoms with Crippen LogP contribution in [0.25, 0.3) is 0 Å². The summed E-state index contributed by atoms with van der Waals surface area (Å²) >= 11 is 0. The van der Waals surface area contributed by atoms with Crippen molar-refractivity contribution in [1.82, 2.24) is 9.97 Å². The van der Waals surface area contributed by atoms with Crippen LogP contribution in [0.5, 0.6) is 5.75 Å². The van der Waals surface area contributed by atoms with Crippen molar-refractivity contribution >= 4 is 5.82 Å². The molecule has 0 aliphatic carbocycles. The first-order valence-corrected chi connectivity index (χ1v) is 5.46. The van der Waals surface area contributed by atoms with Gasteiger partial charge in [-0.15, -0.1) is 0 Å². The summed E-state index contributed by atoms with van der Waals surface area (Å²) in [5.41, 5.74) is 1.93. The second-order valence-corrected chi connectivity index (χ2v) is 3.70. The summed E-state index contributed by atoms with van der Waals surface area (Å²) in [6.45, 7) is 2.45. The average molecular weight is 229 g/mol. The van der Waals surface area contributed by atoms with Crippen molar-refractivity contribution in [2.45, 2.75) is 13.5 Å². The molecule has 2 rings (SSSR count). The first kappa shape index (κ1) is 11.4. The summed E-state index contributed by atoms with van der Waals surface area (Å²) < 4.78 is 5.67. The maximum absolute atomic E-state index is 5.67. The second-order valence-electron chi connectivity index (χ2n) is 3.70. The Balaban J connectivity index is 2.00. The van der Waals surface area contributed by atoms with Gasteiger partial charge < -0.3 is 10.1 Å². The van der Waals surface area contributed by atoms with E-state index in [2.05, 4.69) is 15.3 Å². The molecule has 0 saturated heterocycles. The molecule has 0 aliphatic rings. The highest BCUT2D eigenvalue weighted by Crippen LogP contribution is 2.17. The van der Waals surface area contributed by atoms with Gasteiger partial charge >= 0.3 is 0 Å². The molecule has 88 valence electrons. The average Bonchev–Trinajstić information content (AvgIpc) is 2.38. The maximum Gasteiger partial charge on any atom is 0.144 e. The van der Waals surface area contributed by atoms with Gasteiger partial charge in [0.2, 0.25) is 0 Å². The highest BCUT2D eigenvalue weighted by Gasteiger charge is 2.00. The van der Waals surface area contributed by atoms with E-state index in [9.17, 15) is 0 Å². The maximum atomic E-state index is 5.67.